The lowest BCUT2D eigenvalue weighted by molar-refractivity contribution is 0.508. The first-order valence-electron chi connectivity index (χ1n) is 5.12. The average Bonchev–Trinajstić information content (AvgIpc) is 2.73. The van der Waals surface area contributed by atoms with Gasteiger partial charge in [0.1, 0.15) is 0 Å². The zero-order valence-electron chi connectivity index (χ0n) is 8.11. The van der Waals surface area contributed by atoms with Gasteiger partial charge in [-0.05, 0) is 32.1 Å². The summed E-state index contributed by atoms with van der Waals surface area (Å²) in [6.07, 6.45) is 4.11. The smallest absolute Gasteiger partial charge is 0.248 e. The SMILES string of the molecule is O=S(=O)(F)c1c2c(nn1C1CC1)CCC2. The van der Waals surface area contributed by atoms with Gasteiger partial charge in [0.2, 0.25) is 0 Å². The van der Waals surface area contributed by atoms with Gasteiger partial charge in [0, 0.05) is 5.56 Å². The van der Waals surface area contributed by atoms with Gasteiger partial charge in [-0.15, -0.1) is 0 Å². The number of hydrogen-bond donors (Lipinski definition) is 0. The molecule has 4 nitrogen and oxygen atoms in total. The summed E-state index contributed by atoms with van der Waals surface area (Å²) in [6.45, 7) is 0. The molecule has 0 bridgehead atoms. The molecular weight excluding hydrogens is 219 g/mol. The van der Waals surface area contributed by atoms with Crippen molar-refractivity contribution in [3.05, 3.63) is 11.3 Å². The van der Waals surface area contributed by atoms with Crippen LogP contribution in [0.5, 0.6) is 0 Å². The van der Waals surface area contributed by atoms with Crippen molar-refractivity contribution in [1.29, 1.82) is 0 Å². The highest BCUT2D eigenvalue weighted by atomic mass is 32.3. The van der Waals surface area contributed by atoms with Crippen LogP contribution in [0, 0.1) is 0 Å². The fourth-order valence-electron chi connectivity index (χ4n) is 2.21. The maximum absolute atomic E-state index is 13.2. The van der Waals surface area contributed by atoms with Crippen LogP contribution in [-0.4, -0.2) is 18.2 Å². The number of hydrogen-bond acceptors (Lipinski definition) is 3. The molecular formula is C9H11FN2O2S. The average molecular weight is 230 g/mol. The van der Waals surface area contributed by atoms with Crippen molar-refractivity contribution in [2.45, 2.75) is 43.2 Å². The van der Waals surface area contributed by atoms with Crippen LogP contribution >= 0.6 is 0 Å². The molecule has 1 fully saturated rings. The largest absolute Gasteiger partial charge is 0.349 e. The summed E-state index contributed by atoms with van der Waals surface area (Å²) >= 11 is 0. The van der Waals surface area contributed by atoms with Crippen molar-refractivity contribution in [1.82, 2.24) is 9.78 Å². The lowest BCUT2D eigenvalue weighted by Crippen LogP contribution is -2.07. The van der Waals surface area contributed by atoms with Gasteiger partial charge >= 0.3 is 10.2 Å². The zero-order chi connectivity index (χ0) is 10.6. The van der Waals surface area contributed by atoms with Gasteiger partial charge in [-0.25, -0.2) is 4.68 Å². The zero-order valence-corrected chi connectivity index (χ0v) is 8.93. The summed E-state index contributed by atoms with van der Waals surface area (Å²) in [4.78, 5) is 0. The van der Waals surface area contributed by atoms with E-state index in [4.69, 9.17) is 0 Å². The van der Waals surface area contributed by atoms with Crippen LogP contribution in [0.1, 0.15) is 36.6 Å². The van der Waals surface area contributed by atoms with E-state index in [1.54, 1.807) is 0 Å². The van der Waals surface area contributed by atoms with Crippen molar-refractivity contribution in [2.75, 3.05) is 0 Å². The van der Waals surface area contributed by atoms with Gasteiger partial charge in [-0.3, -0.25) is 0 Å². The van der Waals surface area contributed by atoms with E-state index in [1.807, 2.05) is 0 Å². The highest BCUT2D eigenvalue weighted by Gasteiger charge is 2.36. The Labute approximate surface area is 87.3 Å². The fourth-order valence-corrected chi connectivity index (χ4v) is 3.14. The molecule has 15 heavy (non-hydrogen) atoms. The monoisotopic (exact) mass is 230 g/mol. The molecule has 0 amide bonds. The van der Waals surface area contributed by atoms with E-state index in [1.165, 1.54) is 4.68 Å². The Hall–Kier alpha value is -0.910. The number of nitrogens with zero attached hydrogens (tertiary/aromatic N) is 2. The normalized spacial score (nSPS) is 20.6. The third-order valence-corrected chi connectivity index (χ3v) is 3.90. The predicted molar refractivity (Wildman–Crippen MR) is 50.8 cm³/mol. The minimum absolute atomic E-state index is 0.108. The third kappa shape index (κ3) is 1.39. The molecule has 0 atom stereocenters. The fraction of sp³-hybridized carbons (Fsp3) is 0.667. The van der Waals surface area contributed by atoms with Crippen LogP contribution < -0.4 is 0 Å². The molecule has 0 aliphatic heterocycles. The second-order valence-corrected chi connectivity index (χ2v) is 5.46. The molecule has 1 saturated carbocycles. The van der Waals surface area contributed by atoms with E-state index >= 15 is 0 Å². The Morgan fingerprint density at radius 3 is 2.67 bits per heavy atom. The number of fused-ring (bicyclic) bond motifs is 1. The lowest BCUT2D eigenvalue weighted by atomic mass is 10.3. The quantitative estimate of drug-likeness (QED) is 0.721. The molecule has 0 radical (unpaired) electrons. The van der Waals surface area contributed by atoms with Crippen LogP contribution in [0.2, 0.25) is 0 Å². The topological polar surface area (TPSA) is 52.0 Å². The maximum atomic E-state index is 13.2. The van der Waals surface area contributed by atoms with Gasteiger partial charge in [0.25, 0.3) is 0 Å². The van der Waals surface area contributed by atoms with Crippen LogP contribution in [0.4, 0.5) is 3.89 Å². The van der Waals surface area contributed by atoms with Crippen molar-refractivity contribution < 1.29 is 12.3 Å². The number of halogens is 1. The van der Waals surface area contributed by atoms with E-state index in [0.717, 1.165) is 31.4 Å². The lowest BCUT2D eigenvalue weighted by Gasteiger charge is -2.03. The molecule has 1 aromatic rings. The van der Waals surface area contributed by atoms with E-state index in [0.29, 0.717) is 12.0 Å². The highest BCUT2D eigenvalue weighted by Crippen LogP contribution is 2.40. The molecule has 0 N–H and O–H groups in total. The molecule has 0 aromatic carbocycles. The second kappa shape index (κ2) is 2.81. The Morgan fingerprint density at radius 1 is 1.33 bits per heavy atom. The summed E-state index contributed by atoms with van der Waals surface area (Å²) < 4.78 is 36.7. The molecule has 6 heteroatoms. The van der Waals surface area contributed by atoms with Gasteiger partial charge in [-0.2, -0.15) is 13.5 Å². The van der Waals surface area contributed by atoms with E-state index in [-0.39, 0.29) is 11.1 Å². The van der Waals surface area contributed by atoms with Gasteiger partial charge in [-0.1, -0.05) is 3.89 Å². The molecule has 0 saturated heterocycles. The summed E-state index contributed by atoms with van der Waals surface area (Å²) in [7, 11) is -4.62. The minimum Gasteiger partial charge on any atom is -0.248 e. The van der Waals surface area contributed by atoms with Crippen molar-refractivity contribution in [3.8, 4) is 0 Å². The molecule has 82 valence electrons. The first-order chi connectivity index (χ1) is 7.07. The van der Waals surface area contributed by atoms with Crippen molar-refractivity contribution in [3.63, 3.8) is 0 Å². The first kappa shape index (κ1) is 9.33. The Bertz CT molecular complexity index is 516. The van der Waals surface area contributed by atoms with Gasteiger partial charge in [0.15, 0.2) is 5.03 Å². The molecule has 0 unspecified atom stereocenters. The first-order valence-corrected chi connectivity index (χ1v) is 6.50. The van der Waals surface area contributed by atoms with Crippen LogP contribution in [0.3, 0.4) is 0 Å². The summed E-state index contributed by atoms with van der Waals surface area (Å²) in [5.41, 5.74) is 1.39. The summed E-state index contributed by atoms with van der Waals surface area (Å²) in [5, 5.41) is 4.05. The van der Waals surface area contributed by atoms with Crippen LogP contribution in [-0.2, 0) is 23.1 Å². The Morgan fingerprint density at radius 2 is 2.07 bits per heavy atom. The standard InChI is InChI=1S/C9H11FN2O2S/c10-15(13,14)9-7-2-1-3-8(7)11-12(9)6-4-5-6/h6H,1-5H2. The molecule has 2 aliphatic rings. The van der Waals surface area contributed by atoms with Crippen LogP contribution in [0.15, 0.2) is 5.03 Å². The van der Waals surface area contributed by atoms with Crippen LogP contribution in [0.25, 0.3) is 0 Å². The van der Waals surface area contributed by atoms with E-state index in [2.05, 4.69) is 5.10 Å². The van der Waals surface area contributed by atoms with Gasteiger partial charge in [0.05, 0.1) is 11.7 Å². The van der Waals surface area contributed by atoms with E-state index in [9.17, 15) is 12.3 Å². The number of rotatable bonds is 2. The van der Waals surface area contributed by atoms with Crippen molar-refractivity contribution in [2.24, 2.45) is 0 Å². The molecule has 3 rings (SSSR count). The molecule has 0 spiro atoms. The maximum Gasteiger partial charge on any atom is 0.349 e. The van der Waals surface area contributed by atoms with E-state index < -0.39 is 10.2 Å². The molecule has 2 aliphatic carbocycles. The second-order valence-electron chi connectivity index (χ2n) is 4.20. The summed E-state index contributed by atoms with van der Waals surface area (Å²) in [6, 6.07) is 0.108. The summed E-state index contributed by atoms with van der Waals surface area (Å²) in [5.74, 6) is 0. The Balaban J connectivity index is 2.23. The highest BCUT2D eigenvalue weighted by molar-refractivity contribution is 7.86. The predicted octanol–water partition coefficient (Wildman–Crippen LogP) is 1.36. The molecule has 1 heterocycles. The van der Waals surface area contributed by atoms with Gasteiger partial charge < -0.3 is 0 Å². The third-order valence-electron chi connectivity index (χ3n) is 3.01. The number of aromatic nitrogens is 2. The van der Waals surface area contributed by atoms with Crippen molar-refractivity contribution >= 4 is 10.2 Å². The molecule has 1 aromatic heterocycles. The Kier molecular flexibility index (Phi) is 1.75. The number of aryl methyl sites for hydroxylation is 1. The minimum atomic E-state index is -4.62.